The van der Waals surface area contributed by atoms with Crippen molar-refractivity contribution in [3.63, 3.8) is 0 Å². The van der Waals surface area contributed by atoms with Crippen molar-refractivity contribution in [3.05, 3.63) is 72.0 Å². The van der Waals surface area contributed by atoms with Gasteiger partial charge in [-0.1, -0.05) is 13.3 Å². The van der Waals surface area contributed by atoms with Gasteiger partial charge in [-0.05, 0) is 86.9 Å². The fourth-order valence-electron chi connectivity index (χ4n) is 4.63. The van der Waals surface area contributed by atoms with E-state index in [-0.39, 0.29) is 5.75 Å². The number of alkyl halides is 3. The van der Waals surface area contributed by atoms with Gasteiger partial charge in [-0.2, -0.15) is 13.2 Å². The number of aryl methyl sites for hydroxylation is 1. The highest BCUT2D eigenvalue weighted by Gasteiger charge is 2.34. The second-order valence-corrected chi connectivity index (χ2v) is 9.75. The number of aromatic nitrogens is 2. The third kappa shape index (κ3) is 6.36. The maximum atomic E-state index is 13.6. The first kappa shape index (κ1) is 27.0. The van der Waals surface area contributed by atoms with Crippen LogP contribution in [0.15, 0.2) is 60.7 Å². The van der Waals surface area contributed by atoms with Crippen LogP contribution in [-0.4, -0.2) is 40.7 Å². The van der Waals surface area contributed by atoms with Crippen LogP contribution in [-0.2, 0) is 12.7 Å². The van der Waals surface area contributed by atoms with Crippen LogP contribution in [0.5, 0.6) is 17.2 Å². The largest absolute Gasteiger partial charge is 0.493 e. The van der Waals surface area contributed by atoms with Crippen LogP contribution < -0.4 is 9.47 Å². The van der Waals surface area contributed by atoms with E-state index in [4.69, 9.17) is 14.5 Å². The molecule has 0 saturated carbocycles. The minimum atomic E-state index is -4.80. The third-order valence-electron chi connectivity index (χ3n) is 6.88. The van der Waals surface area contributed by atoms with Crippen molar-refractivity contribution in [2.24, 2.45) is 0 Å². The van der Waals surface area contributed by atoms with Gasteiger partial charge in [-0.25, -0.2) is 9.37 Å². The summed E-state index contributed by atoms with van der Waals surface area (Å²) in [6, 6.07) is 15.5. The highest BCUT2D eigenvalue weighted by Crippen LogP contribution is 2.35. The molecule has 1 saturated heterocycles. The van der Waals surface area contributed by atoms with Crippen molar-refractivity contribution in [1.82, 2.24) is 14.5 Å². The SMILES string of the molecule is CCCCn1c(-c2ccc(Oc3ccc(F)c(C(F)(F)F)c3)cc2)nc2ccc(OCCCN3CCC3)cc21. The van der Waals surface area contributed by atoms with E-state index in [1.165, 1.54) is 25.6 Å². The fourth-order valence-corrected chi connectivity index (χ4v) is 4.63. The number of rotatable bonds is 11. The molecule has 0 aliphatic carbocycles. The second-order valence-electron chi connectivity index (χ2n) is 9.75. The van der Waals surface area contributed by atoms with E-state index >= 15 is 0 Å². The topological polar surface area (TPSA) is 39.5 Å². The Labute approximate surface area is 225 Å². The Kier molecular flexibility index (Phi) is 8.07. The van der Waals surface area contributed by atoms with Gasteiger partial charge in [-0.3, -0.25) is 0 Å². The number of likely N-dealkylation sites (tertiary alicyclic amines) is 1. The monoisotopic (exact) mass is 541 g/mol. The molecule has 0 radical (unpaired) electrons. The molecule has 2 heterocycles. The number of fused-ring (bicyclic) bond motifs is 1. The summed E-state index contributed by atoms with van der Waals surface area (Å²) in [4.78, 5) is 7.30. The lowest BCUT2D eigenvalue weighted by molar-refractivity contribution is -0.140. The highest BCUT2D eigenvalue weighted by molar-refractivity contribution is 5.82. The highest BCUT2D eigenvalue weighted by atomic mass is 19.4. The van der Waals surface area contributed by atoms with E-state index < -0.39 is 17.6 Å². The summed E-state index contributed by atoms with van der Waals surface area (Å²) in [5.41, 5.74) is 1.34. The summed E-state index contributed by atoms with van der Waals surface area (Å²) in [7, 11) is 0. The number of benzene rings is 3. The maximum Gasteiger partial charge on any atom is 0.419 e. The first-order chi connectivity index (χ1) is 18.8. The minimum absolute atomic E-state index is 0.0935. The van der Waals surface area contributed by atoms with Crippen LogP contribution in [0.1, 0.15) is 38.2 Å². The van der Waals surface area contributed by atoms with Crippen molar-refractivity contribution in [3.8, 4) is 28.6 Å². The van der Waals surface area contributed by atoms with Crippen LogP contribution in [0.4, 0.5) is 17.6 Å². The van der Waals surface area contributed by atoms with E-state index in [1.54, 1.807) is 12.1 Å². The lowest BCUT2D eigenvalue weighted by Crippen LogP contribution is -2.38. The maximum absolute atomic E-state index is 13.6. The van der Waals surface area contributed by atoms with Crippen LogP contribution >= 0.6 is 0 Å². The van der Waals surface area contributed by atoms with Gasteiger partial charge in [0.15, 0.2) is 0 Å². The average Bonchev–Trinajstić information content (AvgIpc) is 3.25. The van der Waals surface area contributed by atoms with Gasteiger partial charge in [0, 0.05) is 24.7 Å². The van der Waals surface area contributed by atoms with Crippen LogP contribution in [0, 0.1) is 5.82 Å². The molecule has 1 fully saturated rings. The summed E-state index contributed by atoms with van der Waals surface area (Å²) in [6.45, 7) is 7.02. The van der Waals surface area contributed by atoms with E-state index in [1.807, 2.05) is 30.3 Å². The lowest BCUT2D eigenvalue weighted by Gasteiger charge is -2.30. The predicted molar refractivity (Wildman–Crippen MR) is 143 cm³/mol. The quantitative estimate of drug-likeness (QED) is 0.143. The molecule has 4 aromatic rings. The Morgan fingerprint density at radius 1 is 0.872 bits per heavy atom. The number of hydrogen-bond acceptors (Lipinski definition) is 4. The Morgan fingerprint density at radius 2 is 1.62 bits per heavy atom. The number of ether oxygens (including phenoxy) is 2. The number of nitrogens with zero attached hydrogens (tertiary/aromatic N) is 3. The summed E-state index contributed by atoms with van der Waals surface area (Å²) >= 11 is 0. The Morgan fingerprint density at radius 3 is 2.31 bits per heavy atom. The summed E-state index contributed by atoms with van der Waals surface area (Å²) in [5, 5.41) is 0. The van der Waals surface area contributed by atoms with Gasteiger partial charge < -0.3 is 18.9 Å². The molecule has 1 aliphatic rings. The molecule has 5 nitrogen and oxygen atoms in total. The molecule has 0 bridgehead atoms. The van der Waals surface area contributed by atoms with Gasteiger partial charge in [-0.15, -0.1) is 0 Å². The molecular formula is C30H31F4N3O2. The number of unbranched alkanes of at least 4 members (excludes halogenated alkanes) is 1. The van der Waals surface area contributed by atoms with Gasteiger partial charge in [0.1, 0.15) is 28.9 Å². The standard InChI is InChI=1S/C30H31F4N3O2/c1-2-3-17-37-28-20-23(38-18-5-16-36-14-4-15-36)11-13-27(28)35-29(37)21-6-8-22(9-7-21)39-24-10-12-26(31)25(19-24)30(32,33)34/h6-13,19-20H,2-5,14-18H2,1H3. The molecule has 0 N–H and O–H groups in total. The van der Waals surface area contributed by atoms with E-state index in [2.05, 4.69) is 16.4 Å². The minimum Gasteiger partial charge on any atom is -0.493 e. The average molecular weight is 542 g/mol. The molecule has 1 aromatic heterocycles. The lowest BCUT2D eigenvalue weighted by atomic mass is 10.2. The Hall–Kier alpha value is -3.59. The summed E-state index contributed by atoms with van der Waals surface area (Å²) < 4.78 is 66.6. The molecule has 206 valence electrons. The van der Waals surface area contributed by atoms with Crippen LogP contribution in [0.2, 0.25) is 0 Å². The smallest absolute Gasteiger partial charge is 0.419 e. The summed E-state index contributed by atoms with van der Waals surface area (Å²) in [5.74, 6) is 0.516. The normalized spacial score (nSPS) is 14.0. The van der Waals surface area contributed by atoms with Crippen molar-refractivity contribution in [2.45, 2.75) is 45.3 Å². The van der Waals surface area contributed by atoms with Gasteiger partial charge >= 0.3 is 6.18 Å². The molecule has 0 spiro atoms. The molecule has 3 aromatic carbocycles. The number of halogens is 4. The van der Waals surface area contributed by atoms with E-state index in [9.17, 15) is 17.6 Å². The zero-order chi connectivity index (χ0) is 27.4. The molecule has 1 aliphatic heterocycles. The van der Waals surface area contributed by atoms with Crippen molar-refractivity contribution < 1.29 is 27.0 Å². The van der Waals surface area contributed by atoms with Crippen LogP contribution in [0.3, 0.4) is 0 Å². The van der Waals surface area contributed by atoms with Crippen molar-refractivity contribution in [1.29, 1.82) is 0 Å². The predicted octanol–water partition coefficient (Wildman–Crippen LogP) is 7.93. The zero-order valence-corrected chi connectivity index (χ0v) is 21.8. The molecule has 5 rings (SSSR count). The number of imidazole rings is 1. The molecule has 39 heavy (non-hydrogen) atoms. The molecule has 0 unspecified atom stereocenters. The van der Waals surface area contributed by atoms with Gasteiger partial charge in [0.05, 0.1) is 23.2 Å². The second kappa shape index (κ2) is 11.7. The molecule has 0 amide bonds. The first-order valence-electron chi connectivity index (χ1n) is 13.3. The first-order valence-corrected chi connectivity index (χ1v) is 13.3. The van der Waals surface area contributed by atoms with E-state index in [0.717, 1.165) is 66.6 Å². The van der Waals surface area contributed by atoms with Crippen molar-refractivity contribution >= 4 is 11.0 Å². The molecule has 9 heteroatoms. The van der Waals surface area contributed by atoms with Crippen LogP contribution in [0.25, 0.3) is 22.4 Å². The van der Waals surface area contributed by atoms with E-state index in [0.29, 0.717) is 18.4 Å². The summed E-state index contributed by atoms with van der Waals surface area (Å²) in [6.07, 6.45) is -0.524. The fraction of sp³-hybridized carbons (Fsp3) is 0.367. The Balaban J connectivity index is 1.34. The number of hydrogen-bond donors (Lipinski definition) is 0. The molecule has 0 atom stereocenters. The van der Waals surface area contributed by atoms with Crippen molar-refractivity contribution in [2.75, 3.05) is 26.2 Å². The molecular weight excluding hydrogens is 510 g/mol. The third-order valence-corrected chi connectivity index (χ3v) is 6.88. The van der Waals surface area contributed by atoms with Gasteiger partial charge in [0.25, 0.3) is 0 Å². The zero-order valence-electron chi connectivity index (χ0n) is 21.8. The van der Waals surface area contributed by atoms with Gasteiger partial charge in [0.2, 0.25) is 0 Å². The Bertz CT molecular complexity index is 1410.